The summed E-state index contributed by atoms with van der Waals surface area (Å²) in [4.78, 5) is 12.1. The van der Waals surface area contributed by atoms with Crippen LogP contribution in [0.3, 0.4) is 0 Å². The molecule has 24 heavy (non-hydrogen) atoms. The molecule has 0 fully saturated rings. The Morgan fingerprint density at radius 2 is 1.71 bits per heavy atom. The van der Waals surface area contributed by atoms with Crippen molar-refractivity contribution in [2.75, 3.05) is 20.8 Å². The highest BCUT2D eigenvalue weighted by Gasteiger charge is 2.15. The molecule has 2 aromatic rings. The first-order valence-corrected chi connectivity index (χ1v) is 7.74. The standard InChI is InChI=1S/C19H23NO4/c1-13-5-7-15(8-6-13)24-12-19(21)20-14(2)17-11-16(22-3)9-10-18(17)23-4/h5-11,14H,12H2,1-4H3,(H,20,21)/t14-/m1/s1. The number of carbonyl (C=O) groups is 1. The van der Waals surface area contributed by atoms with Gasteiger partial charge in [0.1, 0.15) is 17.2 Å². The number of rotatable bonds is 7. The molecule has 0 radical (unpaired) electrons. The fourth-order valence-corrected chi connectivity index (χ4v) is 2.32. The molecule has 0 aliphatic carbocycles. The number of methoxy groups -OCH3 is 2. The molecule has 5 nitrogen and oxygen atoms in total. The highest BCUT2D eigenvalue weighted by atomic mass is 16.5. The van der Waals surface area contributed by atoms with Crippen LogP contribution < -0.4 is 19.5 Å². The van der Waals surface area contributed by atoms with E-state index in [1.165, 1.54) is 0 Å². The number of benzene rings is 2. The first-order chi connectivity index (χ1) is 11.5. The van der Waals surface area contributed by atoms with Gasteiger partial charge in [-0.15, -0.1) is 0 Å². The number of carbonyl (C=O) groups excluding carboxylic acids is 1. The molecule has 2 aromatic carbocycles. The Bertz CT molecular complexity index is 682. The molecule has 0 aromatic heterocycles. The Labute approximate surface area is 142 Å². The smallest absolute Gasteiger partial charge is 0.258 e. The summed E-state index contributed by atoms with van der Waals surface area (Å²) in [6.45, 7) is 3.85. The summed E-state index contributed by atoms with van der Waals surface area (Å²) < 4.78 is 16.1. The predicted molar refractivity (Wildman–Crippen MR) is 92.8 cm³/mol. The van der Waals surface area contributed by atoms with Crippen molar-refractivity contribution < 1.29 is 19.0 Å². The lowest BCUT2D eigenvalue weighted by molar-refractivity contribution is -0.123. The summed E-state index contributed by atoms with van der Waals surface area (Å²) in [6, 6.07) is 12.8. The van der Waals surface area contributed by atoms with Crippen LogP contribution in [0, 0.1) is 6.92 Å². The van der Waals surface area contributed by atoms with Crippen LogP contribution in [0.4, 0.5) is 0 Å². The lowest BCUT2D eigenvalue weighted by Gasteiger charge is -2.18. The number of amides is 1. The summed E-state index contributed by atoms with van der Waals surface area (Å²) in [5, 5.41) is 2.90. The summed E-state index contributed by atoms with van der Waals surface area (Å²) >= 11 is 0. The van der Waals surface area contributed by atoms with E-state index in [-0.39, 0.29) is 18.6 Å². The number of hydrogen-bond donors (Lipinski definition) is 1. The zero-order valence-electron chi connectivity index (χ0n) is 14.5. The fourth-order valence-electron chi connectivity index (χ4n) is 2.32. The van der Waals surface area contributed by atoms with Gasteiger partial charge in [0.25, 0.3) is 5.91 Å². The van der Waals surface area contributed by atoms with Gasteiger partial charge in [0.05, 0.1) is 20.3 Å². The summed E-state index contributed by atoms with van der Waals surface area (Å²) in [6.07, 6.45) is 0. The Balaban J connectivity index is 1.97. The third kappa shape index (κ3) is 4.65. The number of hydrogen-bond acceptors (Lipinski definition) is 4. The molecule has 0 saturated heterocycles. The van der Waals surface area contributed by atoms with Crippen molar-refractivity contribution in [3.05, 3.63) is 53.6 Å². The molecule has 0 bridgehead atoms. The first kappa shape index (κ1) is 17.7. The molecule has 2 rings (SSSR count). The highest BCUT2D eigenvalue weighted by Crippen LogP contribution is 2.29. The van der Waals surface area contributed by atoms with E-state index in [1.807, 2.05) is 56.3 Å². The van der Waals surface area contributed by atoms with Gasteiger partial charge in [0, 0.05) is 5.56 Å². The van der Waals surface area contributed by atoms with Gasteiger partial charge >= 0.3 is 0 Å². The van der Waals surface area contributed by atoms with Crippen molar-refractivity contribution in [2.45, 2.75) is 19.9 Å². The number of ether oxygens (including phenoxy) is 3. The van der Waals surface area contributed by atoms with E-state index in [0.29, 0.717) is 17.2 Å². The van der Waals surface area contributed by atoms with E-state index in [2.05, 4.69) is 5.32 Å². The van der Waals surface area contributed by atoms with Crippen molar-refractivity contribution in [1.29, 1.82) is 0 Å². The minimum atomic E-state index is -0.232. The second kappa shape index (κ2) is 8.24. The molecule has 5 heteroatoms. The molecule has 1 amide bonds. The maximum Gasteiger partial charge on any atom is 0.258 e. The molecule has 0 aliphatic rings. The summed E-state index contributed by atoms with van der Waals surface area (Å²) in [5.74, 6) is 1.88. The average Bonchev–Trinajstić information content (AvgIpc) is 2.60. The molecular formula is C19H23NO4. The number of nitrogens with one attached hydrogen (secondary N) is 1. The normalized spacial score (nSPS) is 11.5. The molecule has 0 aliphatic heterocycles. The monoisotopic (exact) mass is 329 g/mol. The van der Waals surface area contributed by atoms with Gasteiger partial charge in [0.15, 0.2) is 6.61 Å². The Kier molecular flexibility index (Phi) is 6.07. The summed E-state index contributed by atoms with van der Waals surface area (Å²) in [5.41, 5.74) is 1.99. The van der Waals surface area contributed by atoms with Crippen molar-refractivity contribution in [3.8, 4) is 17.2 Å². The van der Waals surface area contributed by atoms with Crippen LogP contribution in [-0.2, 0) is 4.79 Å². The van der Waals surface area contributed by atoms with E-state index < -0.39 is 0 Å². The van der Waals surface area contributed by atoms with Crippen LogP contribution in [0.2, 0.25) is 0 Å². The maximum atomic E-state index is 12.1. The zero-order valence-corrected chi connectivity index (χ0v) is 14.5. The Morgan fingerprint density at radius 3 is 2.33 bits per heavy atom. The first-order valence-electron chi connectivity index (χ1n) is 7.74. The topological polar surface area (TPSA) is 56.8 Å². The van der Waals surface area contributed by atoms with E-state index in [1.54, 1.807) is 14.2 Å². The van der Waals surface area contributed by atoms with E-state index >= 15 is 0 Å². The largest absolute Gasteiger partial charge is 0.497 e. The van der Waals surface area contributed by atoms with Crippen LogP contribution >= 0.6 is 0 Å². The van der Waals surface area contributed by atoms with E-state index in [0.717, 1.165) is 11.1 Å². The van der Waals surface area contributed by atoms with Gasteiger partial charge in [0.2, 0.25) is 0 Å². The third-order valence-electron chi connectivity index (χ3n) is 3.67. The SMILES string of the molecule is COc1ccc(OC)c([C@@H](C)NC(=O)COc2ccc(C)cc2)c1. The zero-order chi connectivity index (χ0) is 17.5. The van der Waals surface area contributed by atoms with Gasteiger partial charge in [-0.3, -0.25) is 4.79 Å². The molecular weight excluding hydrogens is 306 g/mol. The van der Waals surface area contributed by atoms with Crippen LogP contribution in [0.1, 0.15) is 24.1 Å². The van der Waals surface area contributed by atoms with Gasteiger partial charge in [-0.1, -0.05) is 17.7 Å². The predicted octanol–water partition coefficient (Wildman–Crippen LogP) is 3.27. The second-order valence-electron chi connectivity index (χ2n) is 5.50. The quantitative estimate of drug-likeness (QED) is 0.847. The van der Waals surface area contributed by atoms with Crippen molar-refractivity contribution in [3.63, 3.8) is 0 Å². The number of aryl methyl sites for hydroxylation is 1. The van der Waals surface area contributed by atoms with Crippen LogP contribution in [-0.4, -0.2) is 26.7 Å². The minimum absolute atomic E-state index is 0.0420. The van der Waals surface area contributed by atoms with Gasteiger partial charge in [-0.05, 0) is 44.2 Å². The van der Waals surface area contributed by atoms with E-state index in [9.17, 15) is 4.79 Å². The van der Waals surface area contributed by atoms with Gasteiger partial charge in [-0.25, -0.2) is 0 Å². The highest BCUT2D eigenvalue weighted by molar-refractivity contribution is 5.78. The van der Waals surface area contributed by atoms with Crippen molar-refractivity contribution in [1.82, 2.24) is 5.32 Å². The fraction of sp³-hybridized carbons (Fsp3) is 0.316. The van der Waals surface area contributed by atoms with Gasteiger partial charge < -0.3 is 19.5 Å². The molecule has 1 atom stereocenters. The Morgan fingerprint density at radius 1 is 1.04 bits per heavy atom. The van der Waals surface area contributed by atoms with E-state index in [4.69, 9.17) is 14.2 Å². The third-order valence-corrected chi connectivity index (χ3v) is 3.67. The molecule has 0 saturated carbocycles. The lowest BCUT2D eigenvalue weighted by atomic mass is 10.1. The Hall–Kier alpha value is -2.69. The van der Waals surface area contributed by atoms with Crippen LogP contribution in [0.15, 0.2) is 42.5 Å². The molecule has 1 N–H and O–H groups in total. The molecule has 0 spiro atoms. The molecule has 128 valence electrons. The lowest BCUT2D eigenvalue weighted by Crippen LogP contribution is -2.31. The second-order valence-corrected chi connectivity index (χ2v) is 5.50. The van der Waals surface area contributed by atoms with Crippen molar-refractivity contribution >= 4 is 5.91 Å². The average molecular weight is 329 g/mol. The van der Waals surface area contributed by atoms with Crippen molar-refractivity contribution in [2.24, 2.45) is 0 Å². The van der Waals surface area contributed by atoms with Gasteiger partial charge in [-0.2, -0.15) is 0 Å². The summed E-state index contributed by atoms with van der Waals surface area (Å²) in [7, 11) is 3.20. The molecule has 0 heterocycles. The molecule has 0 unspecified atom stereocenters. The van der Waals surface area contributed by atoms with Crippen LogP contribution in [0.25, 0.3) is 0 Å². The minimum Gasteiger partial charge on any atom is -0.497 e. The maximum absolute atomic E-state index is 12.1. The van der Waals surface area contributed by atoms with Crippen LogP contribution in [0.5, 0.6) is 17.2 Å².